The quantitative estimate of drug-likeness (QED) is 0.811. The third-order valence-electron chi connectivity index (χ3n) is 4.31. The van der Waals surface area contributed by atoms with Crippen LogP contribution in [0.4, 0.5) is 4.79 Å². The summed E-state index contributed by atoms with van der Waals surface area (Å²) >= 11 is 0. The lowest BCUT2D eigenvalue weighted by Crippen LogP contribution is -2.49. The monoisotopic (exact) mass is 298 g/mol. The van der Waals surface area contributed by atoms with Gasteiger partial charge in [0.05, 0.1) is 6.10 Å². The van der Waals surface area contributed by atoms with Gasteiger partial charge in [0.25, 0.3) is 0 Å². The summed E-state index contributed by atoms with van der Waals surface area (Å²) in [6, 6.07) is -0.597. The van der Waals surface area contributed by atoms with Crippen molar-refractivity contribution in [3.05, 3.63) is 0 Å². The molecule has 0 aromatic carbocycles. The van der Waals surface area contributed by atoms with Crippen LogP contribution in [-0.4, -0.2) is 65.3 Å². The molecule has 1 saturated heterocycles. The number of carboxylic acid groups (broad SMARTS) is 1. The lowest BCUT2D eigenvalue weighted by molar-refractivity contribution is -0.141. The summed E-state index contributed by atoms with van der Waals surface area (Å²) in [6.07, 6.45) is 3.20. The van der Waals surface area contributed by atoms with Gasteiger partial charge in [-0.2, -0.15) is 0 Å². The number of rotatable bonds is 6. The van der Waals surface area contributed by atoms with Crippen LogP contribution in [0.1, 0.15) is 39.5 Å². The van der Waals surface area contributed by atoms with E-state index in [9.17, 15) is 14.7 Å². The number of amides is 2. The van der Waals surface area contributed by atoms with E-state index in [0.29, 0.717) is 31.5 Å². The average Bonchev–Trinajstić information content (AvgIpc) is 3.16. The lowest BCUT2D eigenvalue weighted by atomic mass is 10.1. The van der Waals surface area contributed by atoms with E-state index in [-0.39, 0.29) is 12.1 Å². The zero-order chi connectivity index (χ0) is 15.6. The molecule has 6 nitrogen and oxygen atoms in total. The fourth-order valence-electron chi connectivity index (χ4n) is 2.80. The van der Waals surface area contributed by atoms with Crippen molar-refractivity contribution < 1.29 is 19.4 Å². The summed E-state index contributed by atoms with van der Waals surface area (Å²) in [6.45, 7) is 5.34. The molecule has 1 aliphatic carbocycles. The van der Waals surface area contributed by atoms with Crippen LogP contribution in [0, 0.1) is 5.92 Å². The first-order valence-corrected chi connectivity index (χ1v) is 7.76. The highest BCUT2D eigenvalue weighted by atomic mass is 16.5. The molecule has 2 unspecified atom stereocenters. The van der Waals surface area contributed by atoms with Crippen LogP contribution >= 0.6 is 0 Å². The van der Waals surface area contributed by atoms with Crippen molar-refractivity contribution in [1.82, 2.24) is 9.80 Å². The molecule has 1 saturated carbocycles. The van der Waals surface area contributed by atoms with Gasteiger partial charge in [-0.3, -0.25) is 0 Å². The van der Waals surface area contributed by atoms with Crippen molar-refractivity contribution in [3.8, 4) is 0 Å². The minimum atomic E-state index is -0.942. The van der Waals surface area contributed by atoms with Crippen molar-refractivity contribution in [1.29, 1.82) is 0 Å². The Morgan fingerprint density at radius 2 is 2.05 bits per heavy atom. The van der Waals surface area contributed by atoms with Gasteiger partial charge in [0.15, 0.2) is 0 Å². The Kier molecular flexibility index (Phi) is 5.08. The number of methoxy groups -OCH3 is 1. The zero-order valence-corrected chi connectivity index (χ0v) is 13.1. The molecule has 2 atom stereocenters. The van der Waals surface area contributed by atoms with Gasteiger partial charge in [0.1, 0.15) is 6.04 Å². The van der Waals surface area contributed by atoms with Crippen LogP contribution in [0.15, 0.2) is 0 Å². The van der Waals surface area contributed by atoms with E-state index in [0.717, 1.165) is 19.3 Å². The number of carboxylic acids is 1. The second kappa shape index (κ2) is 6.64. The number of likely N-dealkylation sites (tertiary alicyclic amines) is 1. The number of ether oxygens (including phenoxy) is 1. The predicted octanol–water partition coefficient (Wildman–Crippen LogP) is 1.79. The lowest BCUT2D eigenvalue weighted by Gasteiger charge is -2.31. The Balaban J connectivity index is 2.05. The van der Waals surface area contributed by atoms with Gasteiger partial charge in [-0.1, -0.05) is 13.8 Å². The maximum Gasteiger partial charge on any atom is 0.326 e. The number of hydrogen-bond donors (Lipinski definition) is 1. The number of nitrogens with zero attached hydrogens (tertiary/aromatic N) is 2. The van der Waals surface area contributed by atoms with E-state index in [2.05, 4.69) is 13.8 Å². The summed E-state index contributed by atoms with van der Waals surface area (Å²) in [4.78, 5) is 27.5. The second-order valence-corrected chi connectivity index (χ2v) is 6.49. The highest BCUT2D eigenvalue weighted by molar-refractivity contribution is 5.84. The van der Waals surface area contributed by atoms with Crippen LogP contribution < -0.4 is 0 Å². The number of carbonyl (C=O) groups excluding carboxylic acids is 1. The van der Waals surface area contributed by atoms with Gasteiger partial charge in [-0.25, -0.2) is 9.59 Å². The van der Waals surface area contributed by atoms with Crippen LogP contribution in [0.5, 0.6) is 0 Å². The second-order valence-electron chi connectivity index (χ2n) is 6.49. The number of carbonyl (C=O) groups is 2. The Hall–Kier alpha value is -1.30. The highest BCUT2D eigenvalue weighted by Crippen LogP contribution is 2.31. The maximum atomic E-state index is 12.7. The van der Waals surface area contributed by atoms with Gasteiger partial charge in [0, 0.05) is 32.7 Å². The summed E-state index contributed by atoms with van der Waals surface area (Å²) in [5.41, 5.74) is 0. The highest BCUT2D eigenvalue weighted by Gasteiger charge is 2.44. The van der Waals surface area contributed by atoms with Crippen molar-refractivity contribution in [2.75, 3.05) is 20.2 Å². The van der Waals surface area contributed by atoms with E-state index >= 15 is 0 Å². The summed E-state index contributed by atoms with van der Waals surface area (Å²) in [5.74, 6) is -0.415. The Morgan fingerprint density at radius 1 is 1.38 bits per heavy atom. The van der Waals surface area contributed by atoms with Gasteiger partial charge in [-0.05, 0) is 25.2 Å². The molecule has 1 aliphatic heterocycles. The SMILES string of the molecule is COC1CC(C(=O)O)N(C(=O)N(CCC(C)C)C2CC2)C1. The smallest absolute Gasteiger partial charge is 0.326 e. The van der Waals surface area contributed by atoms with Crippen molar-refractivity contribution in [2.45, 2.75) is 57.7 Å². The molecular formula is C15H26N2O4. The molecule has 2 amide bonds. The Morgan fingerprint density at radius 3 is 2.52 bits per heavy atom. The average molecular weight is 298 g/mol. The fourth-order valence-corrected chi connectivity index (χ4v) is 2.80. The molecule has 2 rings (SSSR count). The largest absolute Gasteiger partial charge is 0.480 e. The summed E-state index contributed by atoms with van der Waals surface area (Å²) in [7, 11) is 1.56. The molecule has 1 N–H and O–H groups in total. The van der Waals surface area contributed by atoms with Gasteiger partial charge in [-0.15, -0.1) is 0 Å². The molecule has 0 radical (unpaired) electrons. The number of urea groups is 1. The van der Waals surface area contributed by atoms with Gasteiger partial charge < -0.3 is 19.6 Å². The molecule has 2 fully saturated rings. The first kappa shape index (κ1) is 16.1. The molecule has 120 valence electrons. The van der Waals surface area contributed by atoms with Gasteiger partial charge >= 0.3 is 12.0 Å². The van der Waals surface area contributed by atoms with Crippen LogP contribution in [0.3, 0.4) is 0 Å². The molecule has 1 heterocycles. The molecule has 6 heteroatoms. The van der Waals surface area contributed by atoms with Crippen molar-refractivity contribution in [2.24, 2.45) is 5.92 Å². The fraction of sp³-hybridized carbons (Fsp3) is 0.867. The first-order chi connectivity index (χ1) is 9.93. The first-order valence-electron chi connectivity index (χ1n) is 7.76. The normalized spacial score (nSPS) is 25.4. The molecule has 0 bridgehead atoms. The Labute approximate surface area is 126 Å². The third-order valence-corrected chi connectivity index (χ3v) is 4.31. The van der Waals surface area contributed by atoms with Crippen LogP contribution in [-0.2, 0) is 9.53 Å². The van der Waals surface area contributed by atoms with E-state index in [1.54, 1.807) is 7.11 Å². The van der Waals surface area contributed by atoms with E-state index in [1.165, 1.54) is 4.90 Å². The van der Waals surface area contributed by atoms with Crippen LogP contribution in [0.25, 0.3) is 0 Å². The number of aliphatic carboxylic acids is 1. The topological polar surface area (TPSA) is 70.1 Å². The number of hydrogen-bond acceptors (Lipinski definition) is 3. The minimum Gasteiger partial charge on any atom is -0.480 e. The maximum absolute atomic E-state index is 12.7. The molecule has 0 spiro atoms. The van der Waals surface area contributed by atoms with E-state index in [1.807, 2.05) is 4.90 Å². The van der Waals surface area contributed by atoms with Gasteiger partial charge in [0.2, 0.25) is 0 Å². The standard InChI is InChI=1S/C15H26N2O4/c1-10(2)6-7-16(11-4-5-11)15(20)17-9-12(21-3)8-13(17)14(18)19/h10-13H,4-9H2,1-3H3,(H,18,19). The van der Waals surface area contributed by atoms with E-state index in [4.69, 9.17) is 4.74 Å². The van der Waals surface area contributed by atoms with Crippen molar-refractivity contribution >= 4 is 12.0 Å². The van der Waals surface area contributed by atoms with E-state index < -0.39 is 12.0 Å². The molecule has 0 aromatic rings. The summed E-state index contributed by atoms with van der Waals surface area (Å²) < 4.78 is 5.25. The summed E-state index contributed by atoms with van der Waals surface area (Å²) in [5, 5.41) is 9.33. The zero-order valence-electron chi connectivity index (χ0n) is 13.1. The molecular weight excluding hydrogens is 272 g/mol. The minimum absolute atomic E-state index is 0.134. The molecule has 21 heavy (non-hydrogen) atoms. The van der Waals surface area contributed by atoms with Crippen molar-refractivity contribution in [3.63, 3.8) is 0 Å². The predicted molar refractivity (Wildman–Crippen MR) is 78.1 cm³/mol. The molecule has 2 aliphatic rings. The third kappa shape index (κ3) is 3.87. The molecule has 0 aromatic heterocycles. The van der Waals surface area contributed by atoms with Crippen LogP contribution in [0.2, 0.25) is 0 Å². The Bertz CT molecular complexity index is 395.